The first kappa shape index (κ1) is 12.1. The van der Waals surface area contributed by atoms with Gasteiger partial charge in [-0.05, 0) is 18.4 Å². The molecule has 0 bridgehead atoms. The number of carbonyl (C=O) groups excluding carboxylic acids is 2. The maximum Gasteiger partial charge on any atom is 0.158 e. The van der Waals surface area contributed by atoms with E-state index >= 15 is 0 Å². The van der Waals surface area contributed by atoms with E-state index in [1.165, 1.54) is 6.92 Å². The predicted molar refractivity (Wildman–Crippen MR) is 53.5 cm³/mol. The maximum absolute atomic E-state index is 11.4. The zero-order valence-corrected chi connectivity index (χ0v) is 8.89. The Labute approximate surface area is 80.0 Å². The minimum atomic E-state index is 0.0497. The zero-order valence-electron chi connectivity index (χ0n) is 8.89. The van der Waals surface area contributed by atoms with Gasteiger partial charge in [0.15, 0.2) is 5.78 Å². The highest BCUT2D eigenvalue weighted by Gasteiger charge is 2.09. The molecule has 0 saturated carbocycles. The lowest BCUT2D eigenvalue weighted by Crippen LogP contribution is -2.06. The fraction of sp³-hybridized carbons (Fsp3) is 0.636. The van der Waals surface area contributed by atoms with Crippen molar-refractivity contribution in [2.24, 2.45) is 5.92 Å². The summed E-state index contributed by atoms with van der Waals surface area (Å²) in [5.41, 5.74) is 0.671. The van der Waals surface area contributed by atoms with E-state index < -0.39 is 0 Å². The molecule has 74 valence electrons. The molecule has 13 heavy (non-hydrogen) atoms. The van der Waals surface area contributed by atoms with Crippen LogP contribution in [-0.2, 0) is 9.59 Å². The zero-order chi connectivity index (χ0) is 10.4. The van der Waals surface area contributed by atoms with Crippen LogP contribution >= 0.6 is 0 Å². The van der Waals surface area contributed by atoms with E-state index in [1.807, 2.05) is 26.8 Å². The van der Waals surface area contributed by atoms with Gasteiger partial charge in [-0.25, -0.2) is 0 Å². The molecule has 0 aromatic rings. The SMILES string of the molecule is CCC(=O)/C(=C/C(C)C)CC(C)=O. The lowest BCUT2D eigenvalue weighted by molar-refractivity contribution is -0.119. The molecule has 0 aliphatic heterocycles. The Morgan fingerprint density at radius 1 is 1.31 bits per heavy atom. The Morgan fingerprint density at radius 2 is 1.85 bits per heavy atom. The Morgan fingerprint density at radius 3 is 2.15 bits per heavy atom. The molecule has 0 saturated heterocycles. The van der Waals surface area contributed by atoms with Gasteiger partial charge in [-0.1, -0.05) is 26.8 Å². The quantitative estimate of drug-likeness (QED) is 0.612. The molecule has 0 aromatic carbocycles. The number of hydrogen-bond donors (Lipinski definition) is 0. The fourth-order valence-corrected chi connectivity index (χ4v) is 1.15. The molecule has 0 radical (unpaired) electrons. The molecule has 0 aliphatic rings. The van der Waals surface area contributed by atoms with E-state index in [9.17, 15) is 9.59 Å². The monoisotopic (exact) mass is 182 g/mol. The summed E-state index contributed by atoms with van der Waals surface area (Å²) in [6.45, 7) is 7.33. The largest absolute Gasteiger partial charge is 0.300 e. The van der Waals surface area contributed by atoms with Crippen LogP contribution in [0.3, 0.4) is 0 Å². The van der Waals surface area contributed by atoms with Gasteiger partial charge in [-0.2, -0.15) is 0 Å². The second kappa shape index (κ2) is 5.68. The third-order valence-electron chi connectivity index (χ3n) is 1.65. The van der Waals surface area contributed by atoms with E-state index in [0.29, 0.717) is 17.9 Å². The van der Waals surface area contributed by atoms with Crippen molar-refractivity contribution in [1.82, 2.24) is 0 Å². The molecule has 0 fully saturated rings. The summed E-state index contributed by atoms with van der Waals surface area (Å²) in [6.07, 6.45) is 2.64. The summed E-state index contributed by atoms with van der Waals surface area (Å²) in [5.74, 6) is 0.461. The Hall–Kier alpha value is -0.920. The lowest BCUT2D eigenvalue weighted by Gasteiger charge is -2.04. The predicted octanol–water partition coefficient (Wildman–Crippen LogP) is 2.53. The van der Waals surface area contributed by atoms with Crippen molar-refractivity contribution >= 4 is 11.6 Å². The number of rotatable bonds is 5. The van der Waals surface area contributed by atoms with Gasteiger partial charge in [0, 0.05) is 12.8 Å². The molecule has 0 atom stereocenters. The van der Waals surface area contributed by atoms with E-state index in [0.717, 1.165) is 0 Å². The van der Waals surface area contributed by atoms with Crippen LogP contribution in [0.15, 0.2) is 11.6 Å². The molecule has 2 nitrogen and oxygen atoms in total. The Bertz CT molecular complexity index is 224. The lowest BCUT2D eigenvalue weighted by atomic mass is 9.99. The van der Waals surface area contributed by atoms with Gasteiger partial charge < -0.3 is 0 Å². The van der Waals surface area contributed by atoms with Crippen molar-refractivity contribution in [1.29, 1.82) is 0 Å². The van der Waals surface area contributed by atoms with Crippen molar-refractivity contribution in [3.8, 4) is 0 Å². The molecule has 0 unspecified atom stereocenters. The number of allylic oxidation sites excluding steroid dienone is 2. The molecule has 0 rings (SSSR count). The number of Topliss-reactive ketones (excluding diaryl/α,β-unsaturated/α-hetero) is 2. The number of ketones is 2. The molecular formula is C11H18O2. The van der Waals surface area contributed by atoms with Crippen molar-refractivity contribution in [2.45, 2.75) is 40.5 Å². The third kappa shape index (κ3) is 5.34. The Kier molecular flexibility index (Phi) is 5.28. The van der Waals surface area contributed by atoms with Gasteiger partial charge in [0.2, 0.25) is 0 Å². The van der Waals surface area contributed by atoms with Gasteiger partial charge >= 0.3 is 0 Å². The standard InChI is InChI=1S/C11H18O2/c1-5-11(13)10(6-8(2)3)7-9(4)12/h6,8H,5,7H2,1-4H3/b10-6+. The molecule has 2 heteroatoms. The van der Waals surface area contributed by atoms with Gasteiger partial charge in [-0.3, -0.25) is 9.59 Å². The van der Waals surface area contributed by atoms with Gasteiger partial charge in [0.1, 0.15) is 5.78 Å². The second-order valence-electron chi connectivity index (χ2n) is 3.59. The van der Waals surface area contributed by atoms with Crippen molar-refractivity contribution in [3.05, 3.63) is 11.6 Å². The summed E-state index contributed by atoms with van der Waals surface area (Å²) >= 11 is 0. The van der Waals surface area contributed by atoms with Gasteiger partial charge in [0.05, 0.1) is 0 Å². The highest BCUT2D eigenvalue weighted by molar-refractivity contribution is 5.99. The summed E-state index contributed by atoms with van der Waals surface area (Å²) < 4.78 is 0. The molecule has 0 N–H and O–H groups in total. The number of carbonyl (C=O) groups is 2. The first-order valence-electron chi connectivity index (χ1n) is 4.70. The minimum Gasteiger partial charge on any atom is -0.300 e. The third-order valence-corrected chi connectivity index (χ3v) is 1.65. The smallest absolute Gasteiger partial charge is 0.158 e. The van der Waals surface area contributed by atoms with Crippen LogP contribution in [-0.4, -0.2) is 11.6 Å². The van der Waals surface area contributed by atoms with Crippen LogP contribution in [0.1, 0.15) is 40.5 Å². The van der Waals surface area contributed by atoms with Crippen molar-refractivity contribution in [2.75, 3.05) is 0 Å². The van der Waals surface area contributed by atoms with E-state index in [-0.39, 0.29) is 18.0 Å². The molecule has 0 aromatic heterocycles. The highest BCUT2D eigenvalue weighted by atomic mass is 16.1. The maximum atomic E-state index is 11.4. The van der Waals surface area contributed by atoms with Crippen LogP contribution in [0, 0.1) is 5.92 Å². The molecular weight excluding hydrogens is 164 g/mol. The second-order valence-corrected chi connectivity index (χ2v) is 3.59. The van der Waals surface area contributed by atoms with Gasteiger partial charge in [0.25, 0.3) is 0 Å². The van der Waals surface area contributed by atoms with Crippen LogP contribution in [0.4, 0.5) is 0 Å². The van der Waals surface area contributed by atoms with Crippen LogP contribution in [0.2, 0.25) is 0 Å². The number of hydrogen-bond acceptors (Lipinski definition) is 2. The molecule has 0 heterocycles. The van der Waals surface area contributed by atoms with Crippen molar-refractivity contribution in [3.63, 3.8) is 0 Å². The van der Waals surface area contributed by atoms with Gasteiger partial charge in [-0.15, -0.1) is 0 Å². The first-order valence-corrected chi connectivity index (χ1v) is 4.70. The van der Waals surface area contributed by atoms with Crippen molar-refractivity contribution < 1.29 is 9.59 Å². The normalized spacial score (nSPS) is 11.9. The van der Waals surface area contributed by atoms with Crippen LogP contribution in [0.5, 0.6) is 0 Å². The highest BCUT2D eigenvalue weighted by Crippen LogP contribution is 2.10. The average Bonchev–Trinajstić information content (AvgIpc) is 2.00. The van der Waals surface area contributed by atoms with E-state index in [1.54, 1.807) is 0 Å². The van der Waals surface area contributed by atoms with E-state index in [4.69, 9.17) is 0 Å². The molecule has 0 aliphatic carbocycles. The summed E-state index contributed by atoms with van der Waals surface area (Å²) in [5, 5.41) is 0. The minimum absolute atomic E-state index is 0.0497. The topological polar surface area (TPSA) is 34.1 Å². The van der Waals surface area contributed by atoms with Crippen LogP contribution in [0.25, 0.3) is 0 Å². The van der Waals surface area contributed by atoms with Crippen LogP contribution < -0.4 is 0 Å². The average molecular weight is 182 g/mol. The summed E-state index contributed by atoms with van der Waals surface area (Å²) in [7, 11) is 0. The first-order chi connectivity index (χ1) is 5.97. The van der Waals surface area contributed by atoms with E-state index in [2.05, 4.69) is 0 Å². The summed E-state index contributed by atoms with van der Waals surface area (Å²) in [6, 6.07) is 0. The molecule has 0 amide bonds. The fourth-order valence-electron chi connectivity index (χ4n) is 1.15. The Balaban J connectivity index is 4.55. The summed E-state index contributed by atoms with van der Waals surface area (Å²) in [4.78, 5) is 22.2. The molecule has 0 spiro atoms.